The molecule has 0 amide bonds. The SMILES string of the molecule is Cl.Fc1ccccc1-c1cc(-c2ccccc2F)c2cc(Cl)ccc2n1. The zero-order valence-corrected chi connectivity index (χ0v) is 15.0. The Morgan fingerprint density at radius 2 is 1.31 bits per heavy atom. The van der Waals surface area contributed by atoms with E-state index in [0.29, 0.717) is 32.9 Å². The Labute approximate surface area is 160 Å². The number of nitrogens with zero attached hydrogens (tertiary/aromatic N) is 1. The Kier molecular flexibility index (Phi) is 5.21. The molecule has 0 atom stereocenters. The van der Waals surface area contributed by atoms with E-state index >= 15 is 0 Å². The average molecular weight is 388 g/mol. The Morgan fingerprint density at radius 1 is 0.692 bits per heavy atom. The van der Waals surface area contributed by atoms with Gasteiger partial charge < -0.3 is 0 Å². The molecule has 0 aliphatic heterocycles. The smallest absolute Gasteiger partial charge is 0.132 e. The third-order valence-corrected chi connectivity index (χ3v) is 4.32. The van der Waals surface area contributed by atoms with E-state index < -0.39 is 0 Å². The molecule has 0 N–H and O–H groups in total. The molecule has 0 aliphatic carbocycles. The summed E-state index contributed by atoms with van der Waals surface area (Å²) in [7, 11) is 0. The number of rotatable bonds is 2. The van der Waals surface area contributed by atoms with Crippen molar-refractivity contribution in [1.29, 1.82) is 0 Å². The summed E-state index contributed by atoms with van der Waals surface area (Å²) in [5.74, 6) is -0.725. The highest BCUT2D eigenvalue weighted by molar-refractivity contribution is 6.31. The van der Waals surface area contributed by atoms with Crippen molar-refractivity contribution in [3.05, 3.63) is 89.5 Å². The molecule has 0 unspecified atom stereocenters. The van der Waals surface area contributed by atoms with Gasteiger partial charge >= 0.3 is 0 Å². The summed E-state index contributed by atoms with van der Waals surface area (Å²) < 4.78 is 28.6. The van der Waals surface area contributed by atoms with Gasteiger partial charge in [0.05, 0.1) is 11.2 Å². The first-order valence-corrected chi connectivity index (χ1v) is 8.11. The Hall–Kier alpha value is -2.49. The number of benzene rings is 3. The van der Waals surface area contributed by atoms with Crippen LogP contribution in [0.25, 0.3) is 33.3 Å². The van der Waals surface area contributed by atoms with E-state index in [9.17, 15) is 8.78 Å². The molecule has 1 aromatic heterocycles. The second-order valence-electron chi connectivity index (χ2n) is 5.68. The van der Waals surface area contributed by atoms with Crippen LogP contribution in [0.5, 0.6) is 0 Å². The molecular weight excluding hydrogens is 375 g/mol. The van der Waals surface area contributed by atoms with Crippen molar-refractivity contribution in [2.45, 2.75) is 0 Å². The zero-order valence-electron chi connectivity index (χ0n) is 13.4. The molecule has 0 radical (unpaired) electrons. The van der Waals surface area contributed by atoms with Crippen LogP contribution >= 0.6 is 24.0 Å². The fourth-order valence-corrected chi connectivity index (χ4v) is 3.08. The molecule has 0 bridgehead atoms. The molecule has 4 aromatic rings. The number of fused-ring (bicyclic) bond motifs is 1. The van der Waals surface area contributed by atoms with E-state index in [1.165, 1.54) is 12.1 Å². The van der Waals surface area contributed by atoms with Crippen LogP contribution in [-0.4, -0.2) is 4.98 Å². The quantitative estimate of drug-likeness (QED) is 0.363. The third-order valence-electron chi connectivity index (χ3n) is 4.08. The zero-order chi connectivity index (χ0) is 17.4. The lowest BCUT2D eigenvalue weighted by Crippen LogP contribution is -1.93. The fraction of sp³-hybridized carbons (Fsp3) is 0. The van der Waals surface area contributed by atoms with Gasteiger partial charge in [-0.05, 0) is 48.0 Å². The van der Waals surface area contributed by atoms with Gasteiger partial charge in [0.15, 0.2) is 0 Å². The van der Waals surface area contributed by atoms with Crippen LogP contribution in [0, 0.1) is 11.6 Å². The minimum Gasteiger partial charge on any atom is -0.248 e. The lowest BCUT2D eigenvalue weighted by Gasteiger charge is -2.12. The summed E-state index contributed by atoms with van der Waals surface area (Å²) in [5.41, 5.74) is 2.50. The van der Waals surface area contributed by atoms with Crippen LogP contribution in [0.3, 0.4) is 0 Å². The molecule has 1 nitrogen and oxygen atoms in total. The van der Waals surface area contributed by atoms with Gasteiger partial charge in [0.25, 0.3) is 0 Å². The van der Waals surface area contributed by atoms with Gasteiger partial charge in [0.2, 0.25) is 0 Å². The van der Waals surface area contributed by atoms with Gasteiger partial charge in [-0.15, -0.1) is 12.4 Å². The highest BCUT2D eigenvalue weighted by Crippen LogP contribution is 2.35. The first kappa shape index (κ1) is 18.3. The Morgan fingerprint density at radius 3 is 1.96 bits per heavy atom. The second-order valence-corrected chi connectivity index (χ2v) is 6.11. The lowest BCUT2D eigenvalue weighted by atomic mass is 9.98. The van der Waals surface area contributed by atoms with Crippen molar-refractivity contribution >= 4 is 34.9 Å². The fourth-order valence-electron chi connectivity index (χ4n) is 2.91. The summed E-state index contributed by atoms with van der Waals surface area (Å²) in [6.07, 6.45) is 0. The maximum absolute atomic E-state index is 14.4. The minimum absolute atomic E-state index is 0. The Balaban J connectivity index is 0.00000196. The largest absolute Gasteiger partial charge is 0.248 e. The summed E-state index contributed by atoms with van der Waals surface area (Å²) >= 11 is 6.12. The molecule has 3 aromatic carbocycles. The van der Waals surface area contributed by atoms with Crippen molar-refractivity contribution < 1.29 is 8.78 Å². The van der Waals surface area contributed by atoms with E-state index in [0.717, 1.165) is 5.39 Å². The molecule has 0 fully saturated rings. The maximum Gasteiger partial charge on any atom is 0.132 e. The Bertz CT molecular complexity index is 1100. The number of hydrogen-bond acceptors (Lipinski definition) is 1. The van der Waals surface area contributed by atoms with E-state index in [-0.39, 0.29) is 24.0 Å². The highest BCUT2D eigenvalue weighted by Gasteiger charge is 2.14. The highest BCUT2D eigenvalue weighted by atomic mass is 35.5. The van der Waals surface area contributed by atoms with Crippen LogP contribution in [0.4, 0.5) is 8.78 Å². The first-order valence-electron chi connectivity index (χ1n) is 7.73. The van der Waals surface area contributed by atoms with E-state index in [1.54, 1.807) is 60.7 Å². The van der Waals surface area contributed by atoms with Gasteiger partial charge in [-0.2, -0.15) is 0 Å². The molecular formula is C21H13Cl2F2N. The van der Waals surface area contributed by atoms with E-state index in [4.69, 9.17) is 11.6 Å². The van der Waals surface area contributed by atoms with Gasteiger partial charge in [-0.25, -0.2) is 13.8 Å². The average Bonchev–Trinajstić information content (AvgIpc) is 2.62. The molecule has 130 valence electrons. The molecule has 5 heteroatoms. The predicted molar refractivity (Wildman–Crippen MR) is 105 cm³/mol. The van der Waals surface area contributed by atoms with Crippen molar-refractivity contribution in [2.75, 3.05) is 0 Å². The molecule has 0 spiro atoms. The van der Waals surface area contributed by atoms with Crippen LogP contribution in [-0.2, 0) is 0 Å². The number of aromatic nitrogens is 1. The minimum atomic E-state index is -0.372. The summed E-state index contributed by atoms with van der Waals surface area (Å²) in [6, 6.07) is 19.8. The lowest BCUT2D eigenvalue weighted by molar-refractivity contribution is 0.631. The molecule has 0 saturated carbocycles. The van der Waals surface area contributed by atoms with Gasteiger partial charge in [0, 0.05) is 21.5 Å². The van der Waals surface area contributed by atoms with Crippen LogP contribution in [0.2, 0.25) is 5.02 Å². The third kappa shape index (κ3) is 3.28. The number of hydrogen-bond donors (Lipinski definition) is 0. The van der Waals surface area contributed by atoms with E-state index in [2.05, 4.69) is 4.98 Å². The summed E-state index contributed by atoms with van der Waals surface area (Å²) in [5, 5.41) is 1.25. The molecule has 0 saturated heterocycles. The monoisotopic (exact) mass is 387 g/mol. The van der Waals surface area contributed by atoms with Crippen LogP contribution in [0.15, 0.2) is 72.8 Å². The first-order chi connectivity index (χ1) is 12.1. The van der Waals surface area contributed by atoms with E-state index in [1.807, 2.05) is 0 Å². The standard InChI is InChI=1S/C21H12ClF2N.ClH/c22-13-9-10-20-17(11-13)16(14-5-1-3-7-18(14)23)12-21(25-20)15-6-2-4-8-19(15)24;/h1-12H;1H. The van der Waals surface area contributed by atoms with Crippen molar-refractivity contribution in [3.8, 4) is 22.4 Å². The number of halogens is 4. The predicted octanol–water partition coefficient (Wildman–Crippen LogP) is 6.92. The maximum atomic E-state index is 14.4. The van der Waals surface area contributed by atoms with Crippen molar-refractivity contribution in [3.63, 3.8) is 0 Å². The summed E-state index contributed by atoms with van der Waals surface area (Å²) in [4.78, 5) is 4.54. The van der Waals surface area contributed by atoms with Crippen molar-refractivity contribution in [2.24, 2.45) is 0 Å². The number of pyridine rings is 1. The topological polar surface area (TPSA) is 12.9 Å². The van der Waals surface area contributed by atoms with Crippen LogP contribution < -0.4 is 0 Å². The van der Waals surface area contributed by atoms with Crippen LogP contribution in [0.1, 0.15) is 0 Å². The summed E-state index contributed by atoms with van der Waals surface area (Å²) in [6.45, 7) is 0. The molecule has 26 heavy (non-hydrogen) atoms. The van der Waals surface area contributed by atoms with Gasteiger partial charge in [-0.3, -0.25) is 0 Å². The van der Waals surface area contributed by atoms with Gasteiger partial charge in [0.1, 0.15) is 11.6 Å². The van der Waals surface area contributed by atoms with Gasteiger partial charge in [-0.1, -0.05) is 41.9 Å². The molecule has 4 rings (SSSR count). The second kappa shape index (κ2) is 7.40. The van der Waals surface area contributed by atoms with Crippen molar-refractivity contribution in [1.82, 2.24) is 4.98 Å². The molecule has 1 heterocycles. The molecule has 0 aliphatic rings. The normalized spacial score (nSPS) is 10.6.